The van der Waals surface area contributed by atoms with Crippen LogP contribution in [0.15, 0.2) is 60.9 Å². The number of amides is 1. The first-order chi connectivity index (χ1) is 14.5. The zero-order valence-electron chi connectivity index (χ0n) is 17.9. The number of carbonyl (C=O) groups is 1. The van der Waals surface area contributed by atoms with E-state index >= 15 is 0 Å². The Hall–Kier alpha value is -3.34. The molecule has 0 aliphatic heterocycles. The molecule has 0 unspecified atom stereocenters. The molecule has 2 heterocycles. The van der Waals surface area contributed by atoms with Crippen molar-refractivity contribution in [2.75, 3.05) is 6.54 Å². The summed E-state index contributed by atoms with van der Waals surface area (Å²) in [7, 11) is 0. The van der Waals surface area contributed by atoms with Gasteiger partial charge in [-0.25, -0.2) is 0 Å². The van der Waals surface area contributed by atoms with Crippen molar-refractivity contribution in [2.45, 2.75) is 40.3 Å². The molecule has 4 aromatic rings. The molecule has 154 valence electrons. The third-order valence-corrected chi connectivity index (χ3v) is 5.70. The first kappa shape index (κ1) is 20.0. The molecular weight excluding hydrogens is 372 g/mol. The Morgan fingerprint density at radius 2 is 1.87 bits per heavy atom. The minimum Gasteiger partial charge on any atom is -0.352 e. The second-order valence-electron chi connectivity index (χ2n) is 7.90. The lowest BCUT2D eigenvalue weighted by Crippen LogP contribution is -2.25. The molecule has 0 aliphatic rings. The van der Waals surface area contributed by atoms with E-state index in [2.05, 4.69) is 59.2 Å². The fourth-order valence-electron chi connectivity index (χ4n) is 3.90. The normalized spacial score (nSPS) is 11.2. The summed E-state index contributed by atoms with van der Waals surface area (Å²) in [5.74, 6) is -0.0265. The molecular formula is C25H28N4O. The van der Waals surface area contributed by atoms with E-state index in [0.717, 1.165) is 30.5 Å². The van der Waals surface area contributed by atoms with E-state index in [-0.39, 0.29) is 5.91 Å². The average molecular weight is 401 g/mol. The van der Waals surface area contributed by atoms with Crippen molar-refractivity contribution in [3.63, 3.8) is 0 Å². The highest BCUT2D eigenvalue weighted by Gasteiger charge is 2.14. The van der Waals surface area contributed by atoms with Gasteiger partial charge in [-0.2, -0.15) is 5.10 Å². The summed E-state index contributed by atoms with van der Waals surface area (Å²) in [6, 6.07) is 16.5. The van der Waals surface area contributed by atoms with Gasteiger partial charge in [-0.05, 0) is 62.1 Å². The van der Waals surface area contributed by atoms with Crippen LogP contribution < -0.4 is 5.32 Å². The molecule has 0 aliphatic carbocycles. The molecule has 5 nitrogen and oxygen atoms in total. The molecule has 1 N–H and O–H groups in total. The molecule has 5 heteroatoms. The molecule has 0 fully saturated rings. The van der Waals surface area contributed by atoms with Crippen molar-refractivity contribution in [1.29, 1.82) is 0 Å². The molecule has 30 heavy (non-hydrogen) atoms. The van der Waals surface area contributed by atoms with Gasteiger partial charge in [-0.15, -0.1) is 0 Å². The molecule has 0 bridgehead atoms. The van der Waals surface area contributed by atoms with Gasteiger partial charge in [0, 0.05) is 48.0 Å². The Morgan fingerprint density at radius 3 is 2.60 bits per heavy atom. The van der Waals surface area contributed by atoms with Crippen LogP contribution in [0.1, 0.15) is 39.2 Å². The van der Waals surface area contributed by atoms with Crippen LogP contribution in [0.3, 0.4) is 0 Å². The van der Waals surface area contributed by atoms with E-state index in [1.165, 1.54) is 22.3 Å². The van der Waals surface area contributed by atoms with Crippen LogP contribution in [0, 0.1) is 20.8 Å². The summed E-state index contributed by atoms with van der Waals surface area (Å²) >= 11 is 0. The van der Waals surface area contributed by atoms with Crippen LogP contribution in [0.2, 0.25) is 0 Å². The van der Waals surface area contributed by atoms with E-state index in [0.29, 0.717) is 12.1 Å². The van der Waals surface area contributed by atoms with Crippen LogP contribution in [-0.2, 0) is 13.1 Å². The Bertz CT molecular complexity index is 1170. The summed E-state index contributed by atoms with van der Waals surface area (Å²) in [6.07, 6.45) is 4.71. The number of fused-ring (bicyclic) bond motifs is 1. The van der Waals surface area contributed by atoms with E-state index in [1.807, 2.05) is 42.2 Å². The van der Waals surface area contributed by atoms with Crippen molar-refractivity contribution in [3.8, 4) is 0 Å². The van der Waals surface area contributed by atoms with Crippen molar-refractivity contribution in [2.24, 2.45) is 0 Å². The molecule has 0 spiro atoms. The topological polar surface area (TPSA) is 51.9 Å². The van der Waals surface area contributed by atoms with Crippen molar-refractivity contribution >= 4 is 16.8 Å². The standard InChI is InChI=1S/C25H28N4O/c1-18-15-27-28(16-18)13-7-12-26-25(30)22-10-11-24-23(14-22)19(2)20(3)29(24)17-21-8-5-4-6-9-21/h4-6,8-11,14-16H,7,12-13,17H2,1-3H3,(H,26,30). The van der Waals surface area contributed by atoms with Crippen LogP contribution in [0.5, 0.6) is 0 Å². The summed E-state index contributed by atoms with van der Waals surface area (Å²) in [5, 5.41) is 8.45. The van der Waals surface area contributed by atoms with E-state index in [4.69, 9.17) is 0 Å². The molecule has 2 aromatic heterocycles. The highest BCUT2D eigenvalue weighted by atomic mass is 16.1. The van der Waals surface area contributed by atoms with Gasteiger partial charge in [0.05, 0.1) is 6.20 Å². The molecule has 1 amide bonds. The highest BCUT2D eigenvalue weighted by Crippen LogP contribution is 2.27. The number of carbonyl (C=O) groups excluding carboxylic acids is 1. The first-order valence-corrected chi connectivity index (χ1v) is 10.4. The number of aryl methyl sites for hydroxylation is 3. The lowest BCUT2D eigenvalue weighted by molar-refractivity contribution is 0.0952. The fourth-order valence-corrected chi connectivity index (χ4v) is 3.90. The molecule has 4 rings (SSSR count). The third-order valence-electron chi connectivity index (χ3n) is 5.70. The number of rotatable bonds is 7. The summed E-state index contributed by atoms with van der Waals surface area (Å²) in [6.45, 7) is 8.56. The van der Waals surface area contributed by atoms with Gasteiger partial charge in [0.25, 0.3) is 5.91 Å². The Balaban J connectivity index is 1.46. The smallest absolute Gasteiger partial charge is 0.251 e. The van der Waals surface area contributed by atoms with E-state index in [9.17, 15) is 4.79 Å². The maximum atomic E-state index is 12.7. The monoisotopic (exact) mass is 400 g/mol. The number of nitrogens with one attached hydrogen (secondary N) is 1. The largest absolute Gasteiger partial charge is 0.352 e. The molecule has 0 saturated heterocycles. The number of benzene rings is 2. The number of aromatic nitrogens is 3. The summed E-state index contributed by atoms with van der Waals surface area (Å²) in [5.41, 5.74) is 6.76. The predicted octanol–water partition coefficient (Wildman–Crippen LogP) is 4.63. The third kappa shape index (κ3) is 4.15. The molecule has 0 saturated carbocycles. The van der Waals surface area contributed by atoms with Gasteiger partial charge < -0.3 is 9.88 Å². The maximum absolute atomic E-state index is 12.7. The fraction of sp³-hybridized carbons (Fsp3) is 0.280. The minimum atomic E-state index is -0.0265. The van der Waals surface area contributed by atoms with Gasteiger partial charge >= 0.3 is 0 Å². The summed E-state index contributed by atoms with van der Waals surface area (Å²) in [4.78, 5) is 12.7. The second kappa shape index (κ2) is 8.57. The van der Waals surface area contributed by atoms with Crippen LogP contribution in [0.4, 0.5) is 0 Å². The van der Waals surface area contributed by atoms with Gasteiger partial charge in [0.15, 0.2) is 0 Å². The van der Waals surface area contributed by atoms with E-state index < -0.39 is 0 Å². The number of hydrogen-bond donors (Lipinski definition) is 1. The van der Waals surface area contributed by atoms with E-state index in [1.54, 1.807) is 0 Å². The lowest BCUT2D eigenvalue weighted by Gasteiger charge is -2.09. The van der Waals surface area contributed by atoms with Crippen molar-refractivity contribution in [1.82, 2.24) is 19.7 Å². The molecule has 0 radical (unpaired) electrons. The van der Waals surface area contributed by atoms with Crippen LogP contribution >= 0.6 is 0 Å². The second-order valence-corrected chi connectivity index (χ2v) is 7.90. The quantitative estimate of drug-likeness (QED) is 0.460. The highest BCUT2D eigenvalue weighted by molar-refractivity contribution is 5.99. The predicted molar refractivity (Wildman–Crippen MR) is 121 cm³/mol. The lowest BCUT2D eigenvalue weighted by atomic mass is 10.1. The van der Waals surface area contributed by atoms with Crippen LogP contribution in [0.25, 0.3) is 10.9 Å². The zero-order valence-corrected chi connectivity index (χ0v) is 17.9. The molecule has 2 aromatic carbocycles. The van der Waals surface area contributed by atoms with Gasteiger partial charge in [-0.1, -0.05) is 30.3 Å². The summed E-state index contributed by atoms with van der Waals surface area (Å²) < 4.78 is 4.24. The van der Waals surface area contributed by atoms with Gasteiger partial charge in [0.1, 0.15) is 0 Å². The first-order valence-electron chi connectivity index (χ1n) is 10.4. The number of hydrogen-bond acceptors (Lipinski definition) is 2. The Kier molecular flexibility index (Phi) is 5.70. The van der Waals surface area contributed by atoms with Crippen molar-refractivity contribution < 1.29 is 4.79 Å². The number of nitrogens with zero attached hydrogens (tertiary/aromatic N) is 3. The minimum absolute atomic E-state index is 0.0265. The SMILES string of the molecule is Cc1cnn(CCCNC(=O)c2ccc3c(c2)c(C)c(C)n3Cc2ccccc2)c1. The van der Waals surface area contributed by atoms with Gasteiger partial charge in [0.2, 0.25) is 0 Å². The Labute approximate surface area is 177 Å². The Morgan fingerprint density at radius 1 is 1.07 bits per heavy atom. The van der Waals surface area contributed by atoms with Crippen LogP contribution in [-0.4, -0.2) is 26.8 Å². The molecule has 0 atom stereocenters. The van der Waals surface area contributed by atoms with Crippen molar-refractivity contribution in [3.05, 3.63) is 88.9 Å². The van der Waals surface area contributed by atoms with Gasteiger partial charge in [-0.3, -0.25) is 9.48 Å². The zero-order chi connectivity index (χ0) is 21.1. The average Bonchev–Trinajstić information content (AvgIpc) is 3.28. The maximum Gasteiger partial charge on any atom is 0.251 e.